The minimum atomic E-state index is -0.507. The topological polar surface area (TPSA) is 75.1 Å². The van der Waals surface area contributed by atoms with Crippen LogP contribution in [0.5, 0.6) is 0 Å². The molecule has 0 aliphatic heterocycles. The van der Waals surface area contributed by atoms with Crippen molar-refractivity contribution in [2.75, 3.05) is 5.32 Å². The molecule has 0 aliphatic carbocycles. The highest BCUT2D eigenvalue weighted by Gasteiger charge is 2.09. The van der Waals surface area contributed by atoms with Crippen molar-refractivity contribution >= 4 is 38.6 Å². The first-order valence-electron chi connectivity index (χ1n) is 4.64. The second-order valence-corrected chi connectivity index (χ2v) is 4.70. The molecule has 1 aromatic heterocycles. The summed E-state index contributed by atoms with van der Waals surface area (Å²) in [4.78, 5) is 24.6. The van der Waals surface area contributed by atoms with Crippen molar-refractivity contribution in [3.8, 4) is 0 Å². The Morgan fingerprint density at radius 1 is 1.56 bits per heavy atom. The highest BCUT2D eigenvalue weighted by molar-refractivity contribution is 9.10. The first kappa shape index (κ1) is 10.9. The number of carbonyl (C=O) groups excluding carboxylic acids is 1. The quantitative estimate of drug-likeness (QED) is 0.827. The van der Waals surface area contributed by atoms with Crippen molar-refractivity contribution in [3.63, 3.8) is 0 Å². The van der Waals surface area contributed by atoms with Gasteiger partial charge in [-0.25, -0.2) is 4.79 Å². The van der Waals surface area contributed by atoms with Gasteiger partial charge in [0, 0.05) is 5.69 Å². The van der Waals surface area contributed by atoms with Gasteiger partial charge in [0.15, 0.2) is 5.58 Å². The van der Waals surface area contributed by atoms with E-state index >= 15 is 0 Å². The van der Waals surface area contributed by atoms with Crippen molar-refractivity contribution in [3.05, 3.63) is 28.7 Å². The summed E-state index contributed by atoms with van der Waals surface area (Å²) in [6, 6.07) is 4.95. The van der Waals surface area contributed by atoms with E-state index in [0.717, 1.165) is 0 Å². The molecule has 16 heavy (non-hydrogen) atoms. The molecule has 1 aromatic carbocycles. The van der Waals surface area contributed by atoms with Gasteiger partial charge in [-0.15, -0.1) is 0 Å². The SMILES string of the molecule is CC(Br)C(=O)Nc1ccc2oc(=O)[nH]c2c1. The average molecular weight is 285 g/mol. The van der Waals surface area contributed by atoms with Gasteiger partial charge in [-0.3, -0.25) is 9.78 Å². The Morgan fingerprint density at radius 2 is 2.31 bits per heavy atom. The molecule has 0 spiro atoms. The number of benzene rings is 1. The number of halogens is 1. The number of oxazole rings is 1. The van der Waals surface area contributed by atoms with Crippen LogP contribution >= 0.6 is 15.9 Å². The Balaban J connectivity index is 2.32. The summed E-state index contributed by atoms with van der Waals surface area (Å²) in [6.45, 7) is 1.73. The zero-order chi connectivity index (χ0) is 11.7. The third-order valence-electron chi connectivity index (χ3n) is 2.05. The van der Waals surface area contributed by atoms with Crippen molar-refractivity contribution in [1.29, 1.82) is 0 Å². The number of aromatic amines is 1. The molecule has 2 rings (SSSR count). The third kappa shape index (κ3) is 2.16. The van der Waals surface area contributed by atoms with E-state index in [1.54, 1.807) is 25.1 Å². The van der Waals surface area contributed by atoms with E-state index < -0.39 is 5.76 Å². The molecular formula is C10H9BrN2O3. The predicted octanol–water partition coefficient (Wildman–Crippen LogP) is 1.84. The maximum atomic E-state index is 11.4. The predicted molar refractivity (Wildman–Crippen MR) is 63.9 cm³/mol. The lowest BCUT2D eigenvalue weighted by Crippen LogP contribution is -2.19. The number of alkyl halides is 1. The molecule has 0 saturated carbocycles. The fourth-order valence-electron chi connectivity index (χ4n) is 1.27. The van der Waals surface area contributed by atoms with E-state index in [1.807, 2.05) is 0 Å². The summed E-state index contributed by atoms with van der Waals surface area (Å²) in [5, 5.41) is 2.69. The van der Waals surface area contributed by atoms with Crippen LogP contribution in [0, 0.1) is 0 Å². The molecule has 6 heteroatoms. The Kier molecular flexibility index (Phi) is 2.82. The average Bonchev–Trinajstić information content (AvgIpc) is 2.57. The fraction of sp³-hybridized carbons (Fsp3) is 0.200. The molecule has 1 unspecified atom stereocenters. The molecule has 5 nitrogen and oxygen atoms in total. The van der Waals surface area contributed by atoms with Gasteiger partial charge in [0.1, 0.15) is 0 Å². The molecule has 2 aromatic rings. The van der Waals surface area contributed by atoms with Crippen LogP contribution in [-0.2, 0) is 4.79 Å². The van der Waals surface area contributed by atoms with Crippen LogP contribution in [0.15, 0.2) is 27.4 Å². The summed E-state index contributed by atoms with van der Waals surface area (Å²) in [7, 11) is 0. The largest absolute Gasteiger partial charge is 0.417 e. The van der Waals surface area contributed by atoms with Crippen LogP contribution in [0.4, 0.5) is 5.69 Å². The number of anilines is 1. The van der Waals surface area contributed by atoms with Crippen molar-refractivity contribution in [2.45, 2.75) is 11.8 Å². The van der Waals surface area contributed by atoms with E-state index in [-0.39, 0.29) is 10.7 Å². The number of carbonyl (C=O) groups is 1. The smallest absolute Gasteiger partial charge is 0.408 e. The standard InChI is InChI=1S/C10H9BrN2O3/c1-5(11)9(14)12-6-2-3-8-7(4-6)13-10(15)16-8/h2-5H,1H3,(H,12,14)(H,13,15). The second kappa shape index (κ2) is 4.13. The Morgan fingerprint density at radius 3 is 3.00 bits per heavy atom. The van der Waals surface area contributed by atoms with E-state index in [2.05, 4.69) is 26.2 Å². The number of hydrogen-bond donors (Lipinski definition) is 2. The Bertz CT molecular complexity index is 585. The summed E-state index contributed by atoms with van der Waals surface area (Å²) in [6.07, 6.45) is 0. The molecule has 2 N–H and O–H groups in total. The zero-order valence-corrected chi connectivity index (χ0v) is 10.00. The van der Waals surface area contributed by atoms with Gasteiger partial charge in [0.05, 0.1) is 10.3 Å². The van der Waals surface area contributed by atoms with Crippen LogP contribution in [0.1, 0.15) is 6.92 Å². The van der Waals surface area contributed by atoms with Gasteiger partial charge < -0.3 is 9.73 Å². The monoisotopic (exact) mass is 284 g/mol. The molecule has 1 heterocycles. The maximum Gasteiger partial charge on any atom is 0.417 e. The van der Waals surface area contributed by atoms with E-state index in [1.165, 1.54) is 0 Å². The summed E-state index contributed by atoms with van der Waals surface area (Å²) in [5.74, 6) is -0.655. The second-order valence-electron chi connectivity index (χ2n) is 3.33. The van der Waals surface area contributed by atoms with Crippen molar-refractivity contribution < 1.29 is 9.21 Å². The third-order valence-corrected chi connectivity index (χ3v) is 2.46. The van der Waals surface area contributed by atoms with Gasteiger partial charge in [-0.1, -0.05) is 15.9 Å². The first-order chi connectivity index (χ1) is 7.56. The minimum Gasteiger partial charge on any atom is -0.408 e. The normalized spacial score (nSPS) is 12.6. The number of hydrogen-bond acceptors (Lipinski definition) is 3. The maximum absolute atomic E-state index is 11.4. The van der Waals surface area contributed by atoms with Crippen LogP contribution in [-0.4, -0.2) is 15.7 Å². The van der Waals surface area contributed by atoms with Gasteiger partial charge in [0.25, 0.3) is 0 Å². The summed E-state index contributed by atoms with van der Waals surface area (Å²) >= 11 is 3.16. The number of nitrogens with one attached hydrogen (secondary N) is 2. The lowest BCUT2D eigenvalue weighted by atomic mass is 10.3. The Labute approximate surface area is 99.0 Å². The molecule has 0 bridgehead atoms. The molecule has 0 aliphatic rings. The lowest BCUT2D eigenvalue weighted by molar-refractivity contribution is -0.115. The van der Waals surface area contributed by atoms with Crippen LogP contribution in [0.3, 0.4) is 0 Å². The lowest BCUT2D eigenvalue weighted by Gasteiger charge is -2.05. The zero-order valence-electron chi connectivity index (χ0n) is 8.41. The van der Waals surface area contributed by atoms with E-state index in [4.69, 9.17) is 4.42 Å². The van der Waals surface area contributed by atoms with Gasteiger partial charge in [-0.05, 0) is 25.1 Å². The van der Waals surface area contributed by atoms with Crippen molar-refractivity contribution in [1.82, 2.24) is 4.98 Å². The molecular weight excluding hydrogens is 276 g/mol. The molecule has 0 fully saturated rings. The molecule has 0 radical (unpaired) electrons. The fourth-order valence-corrected chi connectivity index (χ4v) is 1.39. The molecule has 1 amide bonds. The van der Waals surface area contributed by atoms with Gasteiger partial charge in [-0.2, -0.15) is 0 Å². The summed E-state index contributed by atoms with van der Waals surface area (Å²) < 4.78 is 4.84. The number of aromatic nitrogens is 1. The van der Waals surface area contributed by atoms with Gasteiger partial charge >= 0.3 is 5.76 Å². The minimum absolute atomic E-state index is 0.148. The Hall–Kier alpha value is -1.56. The highest BCUT2D eigenvalue weighted by Crippen LogP contribution is 2.16. The van der Waals surface area contributed by atoms with E-state index in [0.29, 0.717) is 16.8 Å². The molecule has 1 atom stereocenters. The highest BCUT2D eigenvalue weighted by atomic mass is 79.9. The van der Waals surface area contributed by atoms with Crippen LogP contribution in [0.2, 0.25) is 0 Å². The summed E-state index contributed by atoms with van der Waals surface area (Å²) in [5.41, 5.74) is 1.64. The number of H-pyrrole nitrogens is 1. The first-order valence-corrected chi connectivity index (χ1v) is 5.55. The molecule has 84 valence electrons. The van der Waals surface area contributed by atoms with Gasteiger partial charge in [0.2, 0.25) is 5.91 Å². The van der Waals surface area contributed by atoms with Crippen molar-refractivity contribution in [2.24, 2.45) is 0 Å². The number of fused-ring (bicyclic) bond motifs is 1. The van der Waals surface area contributed by atoms with Crippen LogP contribution in [0.25, 0.3) is 11.1 Å². The number of rotatable bonds is 2. The molecule has 0 saturated heterocycles. The van der Waals surface area contributed by atoms with Crippen LogP contribution < -0.4 is 11.1 Å². The number of amides is 1. The van der Waals surface area contributed by atoms with E-state index in [9.17, 15) is 9.59 Å².